The van der Waals surface area contributed by atoms with Crippen LogP contribution in [0, 0.1) is 12.8 Å². The third-order valence-electron chi connectivity index (χ3n) is 3.99. The van der Waals surface area contributed by atoms with Gasteiger partial charge < -0.3 is 21.6 Å². The van der Waals surface area contributed by atoms with Crippen molar-refractivity contribution in [2.75, 3.05) is 7.05 Å². The molecule has 6 heteroatoms. The molecular weight excluding hydrogens is 396 g/mol. The summed E-state index contributed by atoms with van der Waals surface area (Å²) in [7, 11) is 1.56. The van der Waals surface area contributed by atoms with E-state index in [1.54, 1.807) is 14.0 Å². The Morgan fingerprint density at radius 1 is 1.29 bits per heavy atom. The van der Waals surface area contributed by atoms with Crippen LogP contribution < -0.4 is 0 Å². The summed E-state index contributed by atoms with van der Waals surface area (Å²) >= 11 is 0. The first-order chi connectivity index (χ1) is 10.7. The second-order valence-corrected chi connectivity index (χ2v) is 5.04. The van der Waals surface area contributed by atoms with Crippen LogP contribution in [0.25, 0.3) is 5.32 Å². The van der Waals surface area contributed by atoms with E-state index in [1.165, 1.54) is 18.4 Å². The van der Waals surface area contributed by atoms with E-state index in [-0.39, 0.29) is 60.4 Å². The minimum Gasteiger partial charge on any atom is -0.656 e. The van der Waals surface area contributed by atoms with Gasteiger partial charge in [-0.25, -0.2) is 0 Å². The zero-order valence-corrected chi connectivity index (χ0v) is 20.6. The van der Waals surface area contributed by atoms with Gasteiger partial charge in [-0.1, -0.05) is 32.9 Å². The smallest absolute Gasteiger partial charge is 0.140 e. The van der Waals surface area contributed by atoms with E-state index >= 15 is 0 Å². The third kappa shape index (κ3) is 7.62. The van der Waals surface area contributed by atoms with Gasteiger partial charge in [0.1, 0.15) is 5.76 Å². The second-order valence-electron chi connectivity index (χ2n) is 5.04. The normalized spacial score (nSPS) is 14.0. The van der Waals surface area contributed by atoms with Crippen LogP contribution in [0.1, 0.15) is 76.8 Å². The molecule has 4 nitrogen and oxygen atoms in total. The van der Waals surface area contributed by atoms with Crippen LogP contribution in [0.4, 0.5) is 0 Å². The van der Waals surface area contributed by atoms with E-state index in [0.29, 0.717) is 0 Å². The molecule has 3 unspecified atom stereocenters. The molecule has 0 fully saturated rings. The average Bonchev–Trinajstić information content (AvgIpc) is 3.02. The van der Waals surface area contributed by atoms with Gasteiger partial charge in [-0.3, -0.25) is 0 Å². The van der Waals surface area contributed by atoms with Gasteiger partial charge >= 0.3 is 0 Å². The molecular formula is C18H35N2O2PY-2. The molecule has 0 saturated carbocycles. The summed E-state index contributed by atoms with van der Waals surface area (Å²) in [4.78, 5) is 11.8. The SMILES string of the molecule is CC.CCC(c1noc2c1CCCC2)C(C)C(=O)[N-]C.P.[CH2-]C.[Y]. The molecule has 1 aliphatic carbocycles. The second kappa shape index (κ2) is 16.7. The fraction of sp³-hybridized carbons (Fsp3) is 0.722. The van der Waals surface area contributed by atoms with Crippen LogP contribution in [0.15, 0.2) is 4.52 Å². The van der Waals surface area contributed by atoms with Crippen molar-refractivity contribution in [2.45, 2.75) is 72.6 Å². The van der Waals surface area contributed by atoms with Gasteiger partial charge in [-0.05, 0) is 25.7 Å². The molecule has 3 atom stereocenters. The minimum absolute atomic E-state index is 0. The molecule has 1 heterocycles. The molecule has 1 aliphatic rings. The molecule has 0 saturated heterocycles. The molecule has 1 aromatic heterocycles. The first-order valence-corrected chi connectivity index (χ1v) is 8.50. The van der Waals surface area contributed by atoms with Crippen molar-refractivity contribution < 1.29 is 42.0 Å². The largest absolute Gasteiger partial charge is 0.656 e. The molecule has 24 heavy (non-hydrogen) atoms. The number of hydrogen-bond acceptors (Lipinski definition) is 3. The van der Waals surface area contributed by atoms with Crippen LogP contribution >= 0.6 is 9.90 Å². The van der Waals surface area contributed by atoms with Gasteiger partial charge in [0, 0.05) is 56.5 Å². The van der Waals surface area contributed by atoms with Crippen LogP contribution in [-0.2, 0) is 50.3 Å². The fourth-order valence-electron chi connectivity index (χ4n) is 2.86. The number of aromatic nitrogens is 1. The summed E-state index contributed by atoms with van der Waals surface area (Å²) in [5, 5.41) is 8.02. The number of amides is 1. The van der Waals surface area contributed by atoms with E-state index in [9.17, 15) is 4.79 Å². The first kappa shape index (κ1) is 29.0. The summed E-state index contributed by atoms with van der Waals surface area (Å²) in [6.45, 7) is 13.0. The van der Waals surface area contributed by atoms with Crippen molar-refractivity contribution in [3.63, 3.8) is 0 Å². The predicted octanol–water partition coefficient (Wildman–Crippen LogP) is 5.14. The topological polar surface area (TPSA) is 57.2 Å². The van der Waals surface area contributed by atoms with Crippen molar-refractivity contribution >= 4 is 15.8 Å². The number of aryl methyl sites for hydroxylation is 1. The van der Waals surface area contributed by atoms with Crippen LogP contribution in [0.2, 0.25) is 0 Å². The Bertz CT molecular complexity index is 439. The van der Waals surface area contributed by atoms with E-state index in [4.69, 9.17) is 4.52 Å². The average molecular weight is 431 g/mol. The first-order valence-electron chi connectivity index (χ1n) is 8.50. The number of hydrogen-bond donors (Lipinski definition) is 0. The number of carbonyl (C=O) groups is 1. The van der Waals surface area contributed by atoms with Gasteiger partial charge in [-0.2, -0.15) is 16.8 Å². The van der Waals surface area contributed by atoms with Crippen LogP contribution in [0.3, 0.4) is 0 Å². The zero-order valence-electron chi connectivity index (χ0n) is 16.4. The molecule has 1 aromatic rings. The summed E-state index contributed by atoms with van der Waals surface area (Å²) < 4.78 is 5.44. The van der Waals surface area contributed by atoms with E-state index < -0.39 is 0 Å². The van der Waals surface area contributed by atoms with Crippen molar-refractivity contribution in [3.05, 3.63) is 29.3 Å². The van der Waals surface area contributed by atoms with Crippen molar-refractivity contribution in [3.8, 4) is 0 Å². The van der Waals surface area contributed by atoms with Gasteiger partial charge in [0.05, 0.1) is 11.6 Å². The monoisotopic (exact) mass is 431 g/mol. The molecule has 1 radical (unpaired) electrons. The standard InChI is InChI=1S/C14H22N2O2.C2H6.C2H5.H3P.Y/c1-4-10(9(2)14(17)15-3)13-11-7-5-6-8-12(11)18-16-13;2*1-2;;/h9-10H,4-8H2,1-3H3,(H,15,17);1-2H3;1H2,2H3;1H3;/q;;-1;;/p-1. The Balaban J connectivity index is -0.000000684. The van der Waals surface area contributed by atoms with Crippen LogP contribution in [-0.4, -0.2) is 18.1 Å². The molecule has 0 aromatic carbocycles. The maximum Gasteiger partial charge on any atom is 0.140 e. The van der Waals surface area contributed by atoms with Crippen molar-refractivity contribution in [2.24, 2.45) is 5.92 Å². The number of nitrogens with zero attached hydrogens (tertiary/aromatic N) is 2. The van der Waals surface area contributed by atoms with Gasteiger partial charge in [0.2, 0.25) is 0 Å². The van der Waals surface area contributed by atoms with Gasteiger partial charge in [-0.15, -0.1) is 7.05 Å². The van der Waals surface area contributed by atoms with Crippen molar-refractivity contribution in [1.82, 2.24) is 5.16 Å². The molecule has 0 aliphatic heterocycles. The molecule has 0 spiro atoms. The molecule has 1 amide bonds. The maximum atomic E-state index is 11.8. The van der Waals surface area contributed by atoms with E-state index in [0.717, 1.165) is 30.7 Å². The van der Waals surface area contributed by atoms with Gasteiger partial charge in [0.15, 0.2) is 0 Å². The fourth-order valence-corrected chi connectivity index (χ4v) is 2.86. The summed E-state index contributed by atoms with van der Waals surface area (Å²) in [5.74, 6) is 1.00. The Labute approximate surface area is 177 Å². The molecule has 0 bridgehead atoms. The van der Waals surface area contributed by atoms with E-state index in [1.807, 2.05) is 20.8 Å². The summed E-state index contributed by atoms with van der Waals surface area (Å²) in [5.41, 5.74) is 2.25. The number of rotatable bonds is 4. The summed E-state index contributed by atoms with van der Waals surface area (Å²) in [6, 6.07) is 0. The third-order valence-corrected chi connectivity index (χ3v) is 3.99. The van der Waals surface area contributed by atoms with Crippen molar-refractivity contribution in [1.29, 1.82) is 0 Å². The molecule has 139 valence electrons. The molecule has 0 N–H and O–H groups in total. The Kier molecular flexibility index (Phi) is 20.1. The summed E-state index contributed by atoms with van der Waals surface area (Å²) in [6.07, 6.45) is 5.28. The quantitative estimate of drug-likeness (QED) is 0.490. The van der Waals surface area contributed by atoms with Crippen LogP contribution in [0.5, 0.6) is 0 Å². The Morgan fingerprint density at radius 3 is 2.33 bits per heavy atom. The Morgan fingerprint density at radius 2 is 1.83 bits per heavy atom. The Hall–Kier alpha value is 0.214. The number of fused-ring (bicyclic) bond motifs is 1. The minimum atomic E-state index is -0.115. The zero-order chi connectivity index (χ0) is 17.1. The predicted molar refractivity (Wildman–Crippen MR) is 103 cm³/mol. The van der Waals surface area contributed by atoms with E-state index in [2.05, 4.69) is 24.3 Å². The van der Waals surface area contributed by atoms with Gasteiger partial charge in [0.25, 0.3) is 0 Å². The maximum absolute atomic E-state index is 11.8. The molecule has 2 rings (SSSR count). The number of carbonyl (C=O) groups excluding carboxylic acids is 1.